The number of hydrogen-bond acceptors (Lipinski definition) is 5. The number of hydrazine groups is 1. The normalized spacial score (nSPS) is 18.9. The quantitative estimate of drug-likeness (QED) is 0.338. The Morgan fingerprint density at radius 2 is 1.82 bits per heavy atom. The number of para-hydroxylation sites is 1. The maximum absolute atomic E-state index is 14.3. The van der Waals surface area contributed by atoms with Crippen molar-refractivity contribution in [3.63, 3.8) is 0 Å². The Hall–Kier alpha value is -3.69. The molecule has 1 unspecified atom stereocenters. The van der Waals surface area contributed by atoms with E-state index in [1.54, 1.807) is 35.8 Å². The van der Waals surface area contributed by atoms with Gasteiger partial charge in [-0.3, -0.25) is 19.4 Å². The second-order valence-corrected chi connectivity index (χ2v) is 11.7. The van der Waals surface area contributed by atoms with Gasteiger partial charge in [0.15, 0.2) is 0 Å². The molecule has 2 atom stereocenters. The summed E-state index contributed by atoms with van der Waals surface area (Å²) in [6, 6.07) is 16.9. The molecule has 0 bridgehead atoms. The predicted molar refractivity (Wildman–Crippen MR) is 157 cm³/mol. The van der Waals surface area contributed by atoms with E-state index in [0.717, 1.165) is 22.0 Å². The number of rotatable bonds is 10. The Kier molecular flexibility index (Phi) is 8.23. The van der Waals surface area contributed by atoms with Crippen molar-refractivity contribution < 1.29 is 15.8 Å². The highest BCUT2D eigenvalue weighted by Gasteiger charge is 2.46. The molecule has 4 rings (SSSR count). The lowest BCUT2D eigenvalue weighted by Gasteiger charge is -2.45. The number of nitrogens with zero attached hydrogens (tertiary/aromatic N) is 3. The standard InChI is InChI=1S/C31H42N6O3/c1-30(2,32)28(39)34-26(18-23-20-33-25-15-10-9-14-24(23)25)27(38)37-17-11-16-31(21-37,29(40)36(5)35(3)4)19-22-12-7-6-8-13-22/h6-10,12-15,20,26,33H,11,16-19,21,32H2,1-5H3,(H,34,39)/t26-,31?/m0/s1/i/hD. The maximum atomic E-state index is 14.3. The van der Waals surface area contributed by atoms with Crippen LogP contribution in [0.3, 0.4) is 0 Å². The number of benzene rings is 2. The third-order valence-electron chi connectivity index (χ3n) is 7.89. The molecule has 1 aliphatic rings. The smallest absolute Gasteiger partial charge is 0.245 e. The van der Waals surface area contributed by atoms with Gasteiger partial charge in [-0.2, -0.15) is 0 Å². The number of likely N-dealkylation sites (tertiary alicyclic amines) is 1. The molecule has 2 heterocycles. The highest BCUT2D eigenvalue weighted by Crippen LogP contribution is 2.36. The van der Waals surface area contributed by atoms with E-state index in [2.05, 4.69) is 16.0 Å². The summed E-state index contributed by atoms with van der Waals surface area (Å²) in [6.45, 7) is 3.95. The number of carbonyl (C=O) groups is 3. The van der Waals surface area contributed by atoms with Gasteiger partial charge in [0.1, 0.15) is 7.45 Å². The fourth-order valence-electron chi connectivity index (χ4n) is 5.51. The number of hydrogen-bond donors (Lipinski definition) is 3. The van der Waals surface area contributed by atoms with E-state index in [-0.39, 0.29) is 24.8 Å². The molecule has 9 nitrogen and oxygen atoms in total. The highest BCUT2D eigenvalue weighted by atomic mass is 16.2. The molecular formula is C31H42N6O3. The molecule has 0 radical (unpaired) electrons. The first-order chi connectivity index (χ1) is 19.5. The monoisotopic (exact) mass is 547 g/mol. The summed E-state index contributed by atoms with van der Waals surface area (Å²) < 4.78 is 7.61. The van der Waals surface area contributed by atoms with E-state index < -0.39 is 22.9 Å². The van der Waals surface area contributed by atoms with Gasteiger partial charge in [0.25, 0.3) is 0 Å². The number of H-pyrrole nitrogens is 1. The predicted octanol–water partition coefficient (Wildman–Crippen LogP) is 2.72. The van der Waals surface area contributed by atoms with Gasteiger partial charge in [-0.05, 0) is 50.3 Å². The Bertz CT molecular complexity index is 1370. The summed E-state index contributed by atoms with van der Waals surface area (Å²) in [5, 5.41) is 7.28. The minimum absolute atomic E-state index is 0.0411. The molecule has 9 heteroatoms. The average molecular weight is 548 g/mol. The van der Waals surface area contributed by atoms with E-state index in [1.165, 1.54) is 0 Å². The van der Waals surface area contributed by atoms with Crippen LogP contribution >= 0.6 is 0 Å². The van der Waals surface area contributed by atoms with Crippen molar-refractivity contribution in [1.82, 2.24) is 25.2 Å². The third kappa shape index (κ3) is 6.37. The zero-order chi connectivity index (χ0) is 29.8. The van der Waals surface area contributed by atoms with Crippen LogP contribution in [0.4, 0.5) is 0 Å². The first-order valence-corrected chi connectivity index (χ1v) is 13.8. The van der Waals surface area contributed by atoms with E-state index in [0.29, 0.717) is 25.8 Å². The molecule has 3 aromatic rings. The van der Waals surface area contributed by atoms with Crippen LogP contribution in [0.1, 0.15) is 37.8 Å². The van der Waals surface area contributed by atoms with Crippen LogP contribution in [0.5, 0.6) is 0 Å². The van der Waals surface area contributed by atoms with E-state index in [9.17, 15) is 14.4 Å². The number of nitrogens with one attached hydrogen (secondary N) is 2. The van der Waals surface area contributed by atoms with Crippen molar-refractivity contribution in [2.45, 2.75) is 51.1 Å². The van der Waals surface area contributed by atoms with Crippen LogP contribution in [0.15, 0.2) is 60.8 Å². The van der Waals surface area contributed by atoms with Crippen molar-refractivity contribution in [3.05, 3.63) is 71.9 Å². The first-order valence-electron chi connectivity index (χ1n) is 14.3. The van der Waals surface area contributed by atoms with Gasteiger partial charge >= 0.3 is 0 Å². The maximum Gasteiger partial charge on any atom is 0.245 e. The number of nitrogens with two attached hydrogens (primary N) is 1. The summed E-state index contributed by atoms with van der Waals surface area (Å²) in [7, 11) is 5.41. The lowest BCUT2D eigenvalue weighted by Crippen LogP contribution is -2.61. The Morgan fingerprint density at radius 1 is 1.12 bits per heavy atom. The average Bonchev–Trinajstić information content (AvgIpc) is 3.38. The second-order valence-electron chi connectivity index (χ2n) is 11.7. The van der Waals surface area contributed by atoms with E-state index in [4.69, 9.17) is 1.41 Å². The summed E-state index contributed by atoms with van der Waals surface area (Å²) in [6.07, 6.45) is 3.97. The Labute approximate surface area is 238 Å². The number of aromatic nitrogens is 1. The molecule has 1 aliphatic heterocycles. The molecule has 4 N–H and O–H groups in total. The van der Waals surface area contributed by atoms with Gasteiger partial charge in [0, 0.05) is 57.8 Å². The molecule has 0 spiro atoms. The number of piperidine rings is 1. The van der Waals surface area contributed by atoms with Gasteiger partial charge < -0.3 is 20.9 Å². The fourth-order valence-corrected chi connectivity index (χ4v) is 5.51. The van der Waals surface area contributed by atoms with Crippen LogP contribution < -0.4 is 11.0 Å². The Balaban J connectivity index is 1.67. The molecule has 0 saturated carbocycles. The minimum Gasteiger partial charge on any atom is -0.361 e. The third-order valence-corrected chi connectivity index (χ3v) is 7.89. The topological polar surface area (TPSA) is 115 Å². The van der Waals surface area contributed by atoms with Crippen molar-refractivity contribution in [2.75, 3.05) is 34.2 Å². The molecule has 0 aliphatic carbocycles. The molecular weight excluding hydrogens is 504 g/mol. The van der Waals surface area contributed by atoms with E-state index in [1.807, 2.05) is 74.9 Å². The van der Waals surface area contributed by atoms with Crippen molar-refractivity contribution in [1.29, 1.82) is 0 Å². The number of fused-ring (bicyclic) bond motifs is 1. The van der Waals surface area contributed by atoms with Gasteiger partial charge in [0.05, 0.1) is 11.0 Å². The molecule has 214 valence electrons. The van der Waals surface area contributed by atoms with Gasteiger partial charge in [-0.15, -0.1) is 0 Å². The van der Waals surface area contributed by atoms with Crippen LogP contribution in [-0.2, 0) is 27.2 Å². The number of amides is 3. The summed E-state index contributed by atoms with van der Waals surface area (Å²) in [4.78, 5) is 46.5. The second kappa shape index (κ2) is 11.8. The zero-order valence-electron chi connectivity index (χ0n) is 25.2. The molecule has 3 amide bonds. The van der Waals surface area contributed by atoms with Crippen LogP contribution in [0.2, 0.25) is 1.41 Å². The number of carbonyl (C=O) groups excluding carboxylic acids is 3. The minimum atomic E-state index is -1.19. The van der Waals surface area contributed by atoms with Gasteiger partial charge in [-0.1, -0.05) is 48.5 Å². The molecule has 40 heavy (non-hydrogen) atoms. The largest absolute Gasteiger partial charge is 0.361 e. The number of aromatic amines is 1. The van der Waals surface area contributed by atoms with Crippen LogP contribution in [0.25, 0.3) is 10.9 Å². The lowest BCUT2D eigenvalue weighted by molar-refractivity contribution is -0.159. The fraction of sp³-hybridized carbons (Fsp3) is 0.452. The van der Waals surface area contributed by atoms with Crippen molar-refractivity contribution in [3.8, 4) is 0 Å². The van der Waals surface area contributed by atoms with Gasteiger partial charge in [-0.25, -0.2) is 5.01 Å². The van der Waals surface area contributed by atoms with Crippen molar-refractivity contribution in [2.24, 2.45) is 11.1 Å². The van der Waals surface area contributed by atoms with Crippen LogP contribution in [-0.4, -0.2) is 83.4 Å². The summed E-state index contributed by atoms with van der Waals surface area (Å²) >= 11 is 0. The molecule has 1 fully saturated rings. The highest BCUT2D eigenvalue weighted by molar-refractivity contribution is 5.93. The van der Waals surface area contributed by atoms with Gasteiger partial charge in [0.2, 0.25) is 17.7 Å². The molecule has 1 aromatic heterocycles. The van der Waals surface area contributed by atoms with E-state index >= 15 is 0 Å². The molecule has 1 saturated heterocycles. The Morgan fingerprint density at radius 3 is 2.52 bits per heavy atom. The lowest BCUT2D eigenvalue weighted by atomic mass is 9.74. The summed E-state index contributed by atoms with van der Waals surface area (Å²) in [5.41, 5.74) is 3.17. The van der Waals surface area contributed by atoms with Crippen molar-refractivity contribution >= 4 is 28.6 Å². The molecule has 2 aromatic carbocycles. The SMILES string of the molecule is [2H]NC(C)(C)C(=O)N[C@@H](Cc1c[nH]c2ccccc12)C(=O)N1CCCC(Cc2ccccc2)(C(=O)N(C)N(C)C)C1. The first kappa shape index (κ1) is 27.9. The zero-order valence-corrected chi connectivity index (χ0v) is 24.2. The van der Waals surface area contributed by atoms with Crippen LogP contribution in [0, 0.1) is 5.41 Å². The summed E-state index contributed by atoms with van der Waals surface area (Å²) in [5.74, 6) is -0.718.